The Morgan fingerprint density at radius 2 is 1.85 bits per heavy atom. The molecule has 1 amide bonds. The van der Waals surface area contributed by atoms with Crippen molar-refractivity contribution in [1.29, 1.82) is 0 Å². The quantitative estimate of drug-likeness (QED) is 0.356. The fourth-order valence-corrected chi connectivity index (χ4v) is 3.56. The first-order chi connectivity index (χ1) is 15.7. The normalized spacial score (nSPS) is 11.5. The van der Waals surface area contributed by atoms with Crippen molar-refractivity contribution in [3.63, 3.8) is 0 Å². The number of halogens is 4. The number of hydrogen-bond acceptors (Lipinski definition) is 5. The van der Waals surface area contributed by atoms with E-state index in [2.05, 4.69) is 36.5 Å². The lowest BCUT2D eigenvalue weighted by Crippen LogP contribution is -2.18. The molecule has 7 nitrogen and oxygen atoms in total. The third kappa shape index (κ3) is 4.77. The van der Waals surface area contributed by atoms with Crippen molar-refractivity contribution in [2.45, 2.75) is 6.18 Å². The number of nitrogens with one attached hydrogen (secondary N) is 2. The van der Waals surface area contributed by atoms with Gasteiger partial charge >= 0.3 is 6.18 Å². The number of rotatable bonds is 5. The number of aryl methyl sites for hydroxylation is 1. The number of imidazole rings is 1. The van der Waals surface area contributed by atoms with Crippen LogP contribution in [0.1, 0.15) is 16.1 Å². The number of carbonyl (C=O) groups excluding carboxylic acids is 1. The molecule has 0 aliphatic heterocycles. The molecule has 2 aromatic carbocycles. The molecule has 0 unspecified atom stereocenters. The molecule has 4 rings (SSSR count). The van der Waals surface area contributed by atoms with Crippen LogP contribution in [0.4, 0.5) is 24.8 Å². The van der Waals surface area contributed by atoms with Crippen LogP contribution in [0.15, 0.2) is 59.2 Å². The molecule has 11 heteroatoms. The van der Waals surface area contributed by atoms with Crippen molar-refractivity contribution < 1.29 is 22.7 Å². The minimum Gasteiger partial charge on any atom is -0.457 e. The topological polar surface area (TPSA) is 81.1 Å². The molecule has 0 saturated carbocycles. The highest BCUT2D eigenvalue weighted by Crippen LogP contribution is 2.38. The average molecular weight is 520 g/mol. The highest BCUT2D eigenvalue weighted by Gasteiger charge is 2.34. The van der Waals surface area contributed by atoms with E-state index in [1.807, 2.05) is 0 Å². The number of aromatic nitrogens is 3. The number of carbonyl (C=O) groups is 1. The fourth-order valence-electron chi connectivity index (χ4n) is 3.20. The molecule has 4 aromatic rings. The second kappa shape index (κ2) is 8.74. The maximum absolute atomic E-state index is 13.5. The molecular formula is C22H17BrF3N5O2. The summed E-state index contributed by atoms with van der Waals surface area (Å²) in [4.78, 5) is 20.2. The van der Waals surface area contributed by atoms with Crippen LogP contribution in [0.2, 0.25) is 0 Å². The number of ether oxygens (including phenoxy) is 1. The van der Waals surface area contributed by atoms with Crippen LogP contribution in [0.5, 0.6) is 11.5 Å². The molecule has 0 aliphatic carbocycles. The van der Waals surface area contributed by atoms with E-state index in [0.717, 1.165) is 6.07 Å². The molecule has 0 saturated heterocycles. The fraction of sp³-hybridized carbons (Fsp3) is 0.136. The molecule has 33 heavy (non-hydrogen) atoms. The van der Waals surface area contributed by atoms with E-state index in [9.17, 15) is 18.0 Å². The molecule has 2 N–H and O–H groups in total. The Labute approximate surface area is 194 Å². The molecule has 0 fully saturated rings. The second-order valence-electron chi connectivity index (χ2n) is 7.02. The van der Waals surface area contributed by atoms with Crippen LogP contribution >= 0.6 is 15.9 Å². The van der Waals surface area contributed by atoms with Crippen LogP contribution < -0.4 is 15.4 Å². The lowest BCUT2D eigenvalue weighted by atomic mass is 10.1. The van der Waals surface area contributed by atoms with Gasteiger partial charge in [0, 0.05) is 36.9 Å². The Balaban J connectivity index is 1.64. The summed E-state index contributed by atoms with van der Waals surface area (Å²) in [5.74, 6) is 0.742. The lowest BCUT2D eigenvalue weighted by molar-refractivity contribution is -0.137. The summed E-state index contributed by atoms with van der Waals surface area (Å²) >= 11 is 3.08. The van der Waals surface area contributed by atoms with Gasteiger partial charge in [-0.05, 0) is 36.4 Å². The van der Waals surface area contributed by atoms with E-state index in [1.54, 1.807) is 35.9 Å². The first kappa shape index (κ1) is 22.6. The van der Waals surface area contributed by atoms with Gasteiger partial charge in [-0.25, -0.2) is 4.98 Å². The van der Waals surface area contributed by atoms with E-state index in [-0.39, 0.29) is 23.2 Å². The molecule has 0 aliphatic rings. The average Bonchev–Trinajstić information content (AvgIpc) is 3.08. The number of benzene rings is 2. The molecule has 2 heterocycles. The van der Waals surface area contributed by atoms with Crippen molar-refractivity contribution in [3.8, 4) is 11.5 Å². The predicted molar refractivity (Wildman–Crippen MR) is 121 cm³/mol. The first-order valence-corrected chi connectivity index (χ1v) is 10.4. The summed E-state index contributed by atoms with van der Waals surface area (Å²) in [5, 5.41) is 5.27. The summed E-state index contributed by atoms with van der Waals surface area (Å²) in [6.07, 6.45) is -3.08. The highest BCUT2D eigenvalue weighted by molar-refractivity contribution is 9.10. The number of alkyl halides is 3. The minimum atomic E-state index is -4.53. The van der Waals surface area contributed by atoms with E-state index in [4.69, 9.17) is 4.74 Å². The third-order valence-electron chi connectivity index (χ3n) is 4.81. The van der Waals surface area contributed by atoms with E-state index >= 15 is 0 Å². The Bertz CT molecular complexity index is 1350. The van der Waals surface area contributed by atoms with E-state index in [1.165, 1.54) is 31.4 Å². The predicted octanol–water partition coefficient (Wildman–Crippen LogP) is 5.65. The van der Waals surface area contributed by atoms with Crippen molar-refractivity contribution in [3.05, 3.63) is 70.5 Å². The third-order valence-corrected chi connectivity index (χ3v) is 5.31. The summed E-state index contributed by atoms with van der Waals surface area (Å²) in [5.41, 5.74) is 0.493. The summed E-state index contributed by atoms with van der Waals surface area (Å²) in [6.45, 7) is 0. The van der Waals surface area contributed by atoms with E-state index < -0.39 is 11.7 Å². The van der Waals surface area contributed by atoms with Crippen LogP contribution in [0.25, 0.3) is 11.0 Å². The van der Waals surface area contributed by atoms with Gasteiger partial charge < -0.3 is 19.9 Å². The van der Waals surface area contributed by atoms with Crippen molar-refractivity contribution in [2.75, 3.05) is 12.4 Å². The molecule has 0 atom stereocenters. The molecular weight excluding hydrogens is 503 g/mol. The van der Waals surface area contributed by atoms with Gasteiger partial charge in [-0.2, -0.15) is 13.2 Å². The van der Waals surface area contributed by atoms with Gasteiger partial charge in [-0.15, -0.1) is 0 Å². The number of fused-ring (bicyclic) bond motifs is 1. The van der Waals surface area contributed by atoms with Gasteiger partial charge in [0.05, 0.1) is 22.3 Å². The zero-order valence-electron chi connectivity index (χ0n) is 17.4. The number of hydrogen-bond donors (Lipinski definition) is 2. The SMILES string of the molecule is CNC(=O)c1cc(Oc2ccc3c(c2)nc(Nc2ccc(Br)cc2C(F)(F)F)n3C)ccn1. The Hall–Kier alpha value is -3.60. The van der Waals surface area contributed by atoms with Gasteiger partial charge in [0.1, 0.15) is 17.2 Å². The van der Waals surface area contributed by atoms with Gasteiger partial charge in [0.15, 0.2) is 0 Å². The summed E-state index contributed by atoms with van der Waals surface area (Å²) in [6, 6.07) is 12.1. The molecule has 170 valence electrons. The standard InChI is InChI=1S/C22H17BrF3N5O2/c1-27-20(32)18-11-14(7-8-28-18)33-13-4-6-19-17(10-13)30-21(31(19)2)29-16-5-3-12(23)9-15(16)22(24,25)26/h3-11H,1-2H3,(H,27,32)(H,29,30). The van der Waals surface area contributed by atoms with Gasteiger partial charge in [-0.3, -0.25) is 9.78 Å². The van der Waals surface area contributed by atoms with E-state index in [0.29, 0.717) is 27.0 Å². The van der Waals surface area contributed by atoms with Crippen molar-refractivity contribution in [1.82, 2.24) is 19.9 Å². The summed E-state index contributed by atoms with van der Waals surface area (Å²) in [7, 11) is 3.20. The van der Waals surface area contributed by atoms with Crippen LogP contribution in [-0.2, 0) is 13.2 Å². The highest BCUT2D eigenvalue weighted by atomic mass is 79.9. The number of pyridine rings is 1. The smallest absolute Gasteiger partial charge is 0.418 e. The monoisotopic (exact) mass is 519 g/mol. The Morgan fingerprint density at radius 1 is 1.09 bits per heavy atom. The maximum atomic E-state index is 13.5. The van der Waals surface area contributed by atoms with Crippen LogP contribution in [-0.4, -0.2) is 27.5 Å². The first-order valence-electron chi connectivity index (χ1n) is 9.62. The zero-order valence-corrected chi connectivity index (χ0v) is 19.0. The van der Waals surface area contributed by atoms with Crippen molar-refractivity contribution in [2.24, 2.45) is 7.05 Å². The van der Waals surface area contributed by atoms with Crippen LogP contribution in [0.3, 0.4) is 0 Å². The Kier molecular flexibility index (Phi) is 5.98. The molecule has 2 aromatic heterocycles. The summed E-state index contributed by atoms with van der Waals surface area (Å²) < 4.78 is 48.2. The number of amides is 1. The minimum absolute atomic E-state index is 0.112. The number of nitrogens with zero attached hydrogens (tertiary/aromatic N) is 3. The lowest BCUT2D eigenvalue weighted by Gasteiger charge is -2.14. The number of anilines is 2. The van der Waals surface area contributed by atoms with Gasteiger partial charge in [0.25, 0.3) is 5.91 Å². The zero-order chi connectivity index (χ0) is 23.8. The van der Waals surface area contributed by atoms with Crippen LogP contribution in [0, 0.1) is 0 Å². The maximum Gasteiger partial charge on any atom is 0.418 e. The molecule has 0 bridgehead atoms. The largest absolute Gasteiger partial charge is 0.457 e. The van der Waals surface area contributed by atoms with Crippen molar-refractivity contribution >= 4 is 44.5 Å². The van der Waals surface area contributed by atoms with Gasteiger partial charge in [-0.1, -0.05) is 15.9 Å². The molecule has 0 radical (unpaired) electrons. The van der Waals surface area contributed by atoms with Gasteiger partial charge in [0.2, 0.25) is 5.95 Å². The Morgan fingerprint density at radius 3 is 2.58 bits per heavy atom. The second-order valence-corrected chi connectivity index (χ2v) is 7.93. The molecule has 0 spiro atoms.